The van der Waals surface area contributed by atoms with Crippen LogP contribution in [-0.2, 0) is 21.3 Å². The van der Waals surface area contributed by atoms with E-state index in [0.717, 1.165) is 80.5 Å². The molecular weight excluding hydrogens is 733 g/mol. The van der Waals surface area contributed by atoms with Crippen LogP contribution in [0.25, 0.3) is 0 Å². The lowest BCUT2D eigenvalue weighted by Gasteiger charge is -2.36. The predicted molar refractivity (Wildman–Crippen MR) is 195 cm³/mol. The van der Waals surface area contributed by atoms with Gasteiger partial charge in [-0.05, 0) is 103 Å². The second-order valence-corrected chi connectivity index (χ2v) is 16.6. The lowest BCUT2D eigenvalue weighted by Crippen LogP contribution is -2.45. The number of likely N-dealkylation sites (tertiary alicyclic amines) is 3. The van der Waals surface area contributed by atoms with E-state index in [-0.39, 0.29) is 23.1 Å². The fourth-order valence-electron chi connectivity index (χ4n) is 6.89. The third kappa shape index (κ3) is 12.8. The Balaban J connectivity index is 0.000000185. The largest absolute Gasteiger partial charge is 0.444 e. The Hall–Kier alpha value is -2.28. The van der Waals surface area contributed by atoms with Crippen molar-refractivity contribution in [3.05, 3.63) is 46.5 Å². The van der Waals surface area contributed by atoms with Crippen LogP contribution < -0.4 is 0 Å². The van der Waals surface area contributed by atoms with Crippen molar-refractivity contribution in [3.63, 3.8) is 0 Å². The second kappa shape index (κ2) is 17.8. The van der Waals surface area contributed by atoms with Crippen molar-refractivity contribution < 1.29 is 19.1 Å². The van der Waals surface area contributed by atoms with E-state index in [1.54, 1.807) is 18.6 Å². The average Bonchev–Trinajstić information content (AvgIpc) is 3.68. The molecule has 0 radical (unpaired) electrons. The Bertz CT molecular complexity index is 1340. The van der Waals surface area contributed by atoms with E-state index in [1.165, 1.54) is 31.9 Å². The van der Waals surface area contributed by atoms with Crippen LogP contribution in [0.5, 0.6) is 0 Å². The van der Waals surface area contributed by atoms with Gasteiger partial charge in [0.25, 0.3) is 0 Å². The Kier molecular flexibility index (Phi) is 14.3. The normalized spacial score (nSPS) is 23.7. The fourth-order valence-corrected chi connectivity index (χ4v) is 7.38. The molecule has 0 bridgehead atoms. The van der Waals surface area contributed by atoms with E-state index < -0.39 is 5.60 Å². The fraction of sp³-hybridized carbons (Fsp3) is 0.714. The van der Waals surface area contributed by atoms with Gasteiger partial charge in [-0.3, -0.25) is 9.88 Å². The van der Waals surface area contributed by atoms with Crippen LogP contribution in [0.2, 0.25) is 10.4 Å². The topological polar surface area (TPSA) is 114 Å². The number of aromatic nitrogens is 4. The lowest BCUT2D eigenvalue weighted by molar-refractivity contribution is 0.0271. The number of rotatable bonds is 3. The second-order valence-electron chi connectivity index (χ2n) is 15.3. The van der Waals surface area contributed by atoms with E-state index in [9.17, 15) is 9.59 Å². The van der Waals surface area contributed by atoms with E-state index in [0.29, 0.717) is 17.1 Å². The van der Waals surface area contributed by atoms with Gasteiger partial charge >= 0.3 is 12.2 Å². The first kappa shape index (κ1) is 39.5. The molecule has 2 aromatic heterocycles. The zero-order chi connectivity index (χ0) is 35.8. The SMILES string of the molecule is CC(C)(C)OC(=O)N1C[C@@H]2CCCN(Cc3cnc(Cl)nc3)[C@@H]2C1.CC(C)(C)OC(=O)N1C[C@H]2CCCC[C@H]2C1.Clc1cnc(CBr)cn1. The summed E-state index contributed by atoms with van der Waals surface area (Å²) < 4.78 is 10.9. The van der Waals surface area contributed by atoms with Crippen molar-refractivity contribution in [2.75, 3.05) is 32.7 Å². The molecule has 11 nitrogen and oxygen atoms in total. The Morgan fingerprint density at radius 3 is 1.80 bits per heavy atom. The number of alkyl halides is 1. The first-order valence-corrected chi connectivity index (χ1v) is 19.2. The molecular formula is C35H52BrCl2N7O4. The highest BCUT2D eigenvalue weighted by Gasteiger charge is 2.42. The monoisotopic (exact) mass is 783 g/mol. The summed E-state index contributed by atoms with van der Waals surface area (Å²) in [6, 6.07) is 0.377. The molecule has 1 saturated carbocycles. The summed E-state index contributed by atoms with van der Waals surface area (Å²) in [5.41, 5.74) is 1.12. The van der Waals surface area contributed by atoms with Crippen molar-refractivity contribution in [3.8, 4) is 0 Å². The van der Waals surface area contributed by atoms with Crippen LogP contribution >= 0.6 is 39.1 Å². The first-order chi connectivity index (χ1) is 23.1. The van der Waals surface area contributed by atoms with Gasteiger partial charge in [0.05, 0.1) is 18.1 Å². The van der Waals surface area contributed by atoms with Crippen LogP contribution in [-0.4, -0.2) is 96.8 Å². The molecule has 0 spiro atoms. The zero-order valence-electron chi connectivity index (χ0n) is 29.7. The summed E-state index contributed by atoms with van der Waals surface area (Å²) in [5, 5.41) is 1.42. The quantitative estimate of drug-likeness (QED) is 0.226. The van der Waals surface area contributed by atoms with Crippen LogP contribution in [0, 0.1) is 17.8 Å². The maximum Gasteiger partial charge on any atom is 0.410 e. The molecule has 3 saturated heterocycles. The molecule has 49 heavy (non-hydrogen) atoms. The molecule has 14 heteroatoms. The van der Waals surface area contributed by atoms with Crippen molar-refractivity contribution in [2.24, 2.45) is 17.8 Å². The summed E-state index contributed by atoms with van der Waals surface area (Å²) in [4.78, 5) is 46.4. The molecule has 5 heterocycles. The minimum atomic E-state index is -0.453. The van der Waals surface area contributed by atoms with Gasteiger partial charge in [0, 0.05) is 62.1 Å². The van der Waals surface area contributed by atoms with Crippen molar-refractivity contribution >= 4 is 51.3 Å². The molecule has 2 amide bonds. The molecule has 4 atom stereocenters. The molecule has 0 N–H and O–H groups in total. The number of carbonyl (C=O) groups excluding carboxylic acids is 2. The smallest absolute Gasteiger partial charge is 0.410 e. The minimum Gasteiger partial charge on any atom is -0.444 e. The Morgan fingerprint density at radius 2 is 1.29 bits per heavy atom. The van der Waals surface area contributed by atoms with Gasteiger partial charge in [-0.15, -0.1) is 0 Å². The summed E-state index contributed by atoms with van der Waals surface area (Å²) >= 11 is 14.5. The van der Waals surface area contributed by atoms with Crippen LogP contribution in [0.4, 0.5) is 9.59 Å². The number of piperidine rings is 1. The number of carbonyl (C=O) groups is 2. The predicted octanol–water partition coefficient (Wildman–Crippen LogP) is 8.03. The van der Waals surface area contributed by atoms with Crippen LogP contribution in [0.3, 0.4) is 0 Å². The molecule has 4 aliphatic rings. The van der Waals surface area contributed by atoms with Crippen LogP contribution in [0.1, 0.15) is 91.3 Å². The van der Waals surface area contributed by atoms with E-state index in [1.807, 2.05) is 51.3 Å². The zero-order valence-corrected chi connectivity index (χ0v) is 32.8. The summed E-state index contributed by atoms with van der Waals surface area (Å²) in [6.45, 7) is 16.7. The molecule has 3 aliphatic heterocycles. The van der Waals surface area contributed by atoms with Gasteiger partial charge in [-0.2, -0.15) is 0 Å². The van der Waals surface area contributed by atoms with Gasteiger partial charge in [-0.25, -0.2) is 24.5 Å². The third-order valence-corrected chi connectivity index (χ3v) is 10.0. The van der Waals surface area contributed by atoms with Crippen molar-refractivity contribution in [2.45, 2.75) is 109 Å². The third-order valence-electron chi connectivity index (χ3n) is 9.05. The van der Waals surface area contributed by atoms with Crippen molar-refractivity contribution in [1.29, 1.82) is 0 Å². The number of amides is 2. The highest BCUT2D eigenvalue weighted by molar-refractivity contribution is 9.08. The molecule has 4 fully saturated rings. The van der Waals surface area contributed by atoms with Gasteiger partial charge in [0.2, 0.25) is 5.28 Å². The Morgan fingerprint density at radius 1 is 0.755 bits per heavy atom. The molecule has 2 aromatic rings. The Labute approximate surface area is 310 Å². The highest BCUT2D eigenvalue weighted by Crippen LogP contribution is 2.36. The van der Waals surface area contributed by atoms with E-state index >= 15 is 0 Å². The maximum absolute atomic E-state index is 12.4. The standard InChI is InChI=1S/C17H25ClN4O2.C13H23NO2.C5H4BrClN2/c1-17(2,3)24-16(23)22-10-13-5-4-6-21(14(13)11-22)9-12-7-19-15(18)20-8-12;1-13(2,3)16-12(15)14-8-10-6-4-5-7-11(10)9-14;6-1-4-2-9-5(7)3-8-4/h7-8,13-14H,4-6,9-11H2,1-3H3;10-11H,4-9H2,1-3H3;2-3H,1H2/t13-,14+;10-,11+;/m0../s1. The minimum absolute atomic E-state index is 0.123. The van der Waals surface area contributed by atoms with Gasteiger partial charge in [0.15, 0.2) is 0 Å². The number of fused-ring (bicyclic) bond motifs is 2. The summed E-state index contributed by atoms with van der Waals surface area (Å²) in [6.07, 6.45) is 14.0. The van der Waals surface area contributed by atoms with Gasteiger partial charge in [-0.1, -0.05) is 40.4 Å². The highest BCUT2D eigenvalue weighted by atomic mass is 79.9. The molecule has 0 unspecified atom stereocenters. The number of ether oxygens (including phenoxy) is 2. The average molecular weight is 786 g/mol. The van der Waals surface area contributed by atoms with Gasteiger partial charge in [0.1, 0.15) is 16.4 Å². The maximum atomic E-state index is 12.4. The number of hydrogen-bond donors (Lipinski definition) is 0. The number of hydrogen-bond acceptors (Lipinski definition) is 9. The molecule has 272 valence electrons. The molecule has 1 aliphatic carbocycles. The molecule has 6 rings (SSSR count). The lowest BCUT2D eigenvalue weighted by atomic mass is 9.82. The van der Waals surface area contributed by atoms with E-state index in [2.05, 4.69) is 40.8 Å². The summed E-state index contributed by atoms with van der Waals surface area (Å²) in [5.74, 6) is 1.99. The summed E-state index contributed by atoms with van der Waals surface area (Å²) in [7, 11) is 0. The number of nitrogens with zero attached hydrogens (tertiary/aromatic N) is 7. The van der Waals surface area contributed by atoms with Crippen LogP contribution in [0.15, 0.2) is 24.8 Å². The first-order valence-electron chi connectivity index (χ1n) is 17.3. The van der Waals surface area contributed by atoms with E-state index in [4.69, 9.17) is 32.7 Å². The molecule has 0 aromatic carbocycles. The van der Waals surface area contributed by atoms with Crippen molar-refractivity contribution in [1.82, 2.24) is 34.6 Å². The van der Waals surface area contributed by atoms with Gasteiger partial charge < -0.3 is 19.3 Å². The number of halogens is 3.